The van der Waals surface area contributed by atoms with Gasteiger partial charge in [0, 0.05) is 10.5 Å². The van der Waals surface area contributed by atoms with Crippen molar-refractivity contribution >= 4 is 15.9 Å². The summed E-state index contributed by atoms with van der Waals surface area (Å²) in [5.74, 6) is 1.48. The molecule has 106 valence electrons. The number of halogens is 1. The van der Waals surface area contributed by atoms with E-state index in [-0.39, 0.29) is 0 Å². The van der Waals surface area contributed by atoms with E-state index < -0.39 is 0 Å². The summed E-state index contributed by atoms with van der Waals surface area (Å²) < 4.78 is 1.17. The standard InChI is InChI=1S/C17H26BrN/c1-12(17(2,3)4)11-19-16-9-14(10-16)13-5-7-15(18)8-6-13/h5-8,12,14,16,19H,9-11H2,1-4H3. The molecule has 1 unspecified atom stereocenters. The number of rotatable bonds is 4. The molecule has 1 aromatic rings. The maximum atomic E-state index is 3.73. The molecule has 1 aliphatic rings. The Kier molecular flexibility index (Phi) is 4.73. The van der Waals surface area contributed by atoms with Crippen LogP contribution in [0.15, 0.2) is 28.7 Å². The van der Waals surface area contributed by atoms with Gasteiger partial charge in [-0.1, -0.05) is 55.8 Å². The third-order valence-electron chi connectivity index (χ3n) is 4.67. The third kappa shape index (κ3) is 4.06. The molecular weight excluding hydrogens is 298 g/mol. The van der Waals surface area contributed by atoms with Crippen molar-refractivity contribution < 1.29 is 0 Å². The second-order valence-electron chi connectivity index (χ2n) is 7.09. The van der Waals surface area contributed by atoms with Crippen LogP contribution in [0.4, 0.5) is 0 Å². The fourth-order valence-corrected chi connectivity index (χ4v) is 2.71. The van der Waals surface area contributed by atoms with Gasteiger partial charge in [-0.2, -0.15) is 0 Å². The topological polar surface area (TPSA) is 12.0 Å². The molecule has 1 fully saturated rings. The van der Waals surface area contributed by atoms with Crippen LogP contribution >= 0.6 is 15.9 Å². The van der Waals surface area contributed by atoms with E-state index >= 15 is 0 Å². The van der Waals surface area contributed by atoms with Crippen molar-refractivity contribution in [3.8, 4) is 0 Å². The lowest BCUT2D eigenvalue weighted by atomic mass is 9.75. The second kappa shape index (κ2) is 5.97. The van der Waals surface area contributed by atoms with Gasteiger partial charge in [0.25, 0.3) is 0 Å². The number of hydrogen-bond donors (Lipinski definition) is 1. The minimum Gasteiger partial charge on any atom is -0.314 e. The lowest BCUT2D eigenvalue weighted by molar-refractivity contribution is 0.215. The molecule has 1 aromatic carbocycles. The number of hydrogen-bond acceptors (Lipinski definition) is 1. The highest BCUT2D eigenvalue weighted by Gasteiger charge is 2.30. The molecule has 0 bridgehead atoms. The summed E-state index contributed by atoms with van der Waals surface area (Å²) in [6.07, 6.45) is 2.58. The molecule has 0 aromatic heterocycles. The molecular formula is C17H26BrN. The Morgan fingerprint density at radius 3 is 2.32 bits per heavy atom. The molecule has 0 heterocycles. The van der Waals surface area contributed by atoms with Gasteiger partial charge in [0.15, 0.2) is 0 Å². The SMILES string of the molecule is CC(CNC1CC(c2ccc(Br)cc2)C1)C(C)(C)C. The van der Waals surface area contributed by atoms with Gasteiger partial charge in [0.2, 0.25) is 0 Å². The molecule has 0 spiro atoms. The monoisotopic (exact) mass is 323 g/mol. The van der Waals surface area contributed by atoms with E-state index in [0.717, 1.165) is 24.4 Å². The normalized spacial score (nSPS) is 24.9. The van der Waals surface area contributed by atoms with E-state index in [2.05, 4.69) is 73.2 Å². The first-order valence-electron chi connectivity index (χ1n) is 7.35. The predicted octanol–water partition coefficient (Wildman–Crippen LogP) is 4.97. The molecule has 0 saturated heterocycles. The van der Waals surface area contributed by atoms with Crippen LogP contribution in [-0.2, 0) is 0 Å². The molecule has 1 saturated carbocycles. The smallest absolute Gasteiger partial charge is 0.0175 e. The minimum absolute atomic E-state index is 0.405. The largest absolute Gasteiger partial charge is 0.314 e. The third-order valence-corrected chi connectivity index (χ3v) is 5.20. The number of benzene rings is 1. The van der Waals surface area contributed by atoms with Crippen LogP contribution in [0.2, 0.25) is 0 Å². The first kappa shape index (κ1) is 15.1. The molecule has 1 aliphatic carbocycles. The van der Waals surface area contributed by atoms with Crippen molar-refractivity contribution in [3.05, 3.63) is 34.3 Å². The fraction of sp³-hybridized carbons (Fsp3) is 0.647. The van der Waals surface area contributed by atoms with Crippen LogP contribution in [0.1, 0.15) is 52.0 Å². The fourth-order valence-electron chi connectivity index (χ4n) is 2.44. The Bertz CT molecular complexity index is 398. The molecule has 1 atom stereocenters. The van der Waals surface area contributed by atoms with E-state index in [1.54, 1.807) is 0 Å². The second-order valence-corrected chi connectivity index (χ2v) is 8.01. The van der Waals surface area contributed by atoms with Crippen molar-refractivity contribution in [2.75, 3.05) is 6.54 Å². The minimum atomic E-state index is 0.405. The van der Waals surface area contributed by atoms with Crippen molar-refractivity contribution in [3.63, 3.8) is 0 Å². The van der Waals surface area contributed by atoms with E-state index in [4.69, 9.17) is 0 Å². The predicted molar refractivity (Wildman–Crippen MR) is 86.5 cm³/mol. The first-order chi connectivity index (χ1) is 8.86. The van der Waals surface area contributed by atoms with Gasteiger partial charge in [0.05, 0.1) is 0 Å². The van der Waals surface area contributed by atoms with Gasteiger partial charge in [0.1, 0.15) is 0 Å². The Morgan fingerprint density at radius 2 is 1.79 bits per heavy atom. The molecule has 0 amide bonds. The zero-order valence-corrected chi connectivity index (χ0v) is 14.1. The molecule has 1 nitrogen and oxygen atoms in total. The summed E-state index contributed by atoms with van der Waals surface area (Å²) in [7, 11) is 0. The van der Waals surface area contributed by atoms with Crippen molar-refractivity contribution in [1.82, 2.24) is 5.32 Å². The summed E-state index contributed by atoms with van der Waals surface area (Å²) >= 11 is 3.49. The van der Waals surface area contributed by atoms with E-state index in [0.29, 0.717) is 5.41 Å². The zero-order chi connectivity index (χ0) is 14.0. The van der Waals surface area contributed by atoms with Crippen LogP contribution < -0.4 is 5.32 Å². The first-order valence-corrected chi connectivity index (χ1v) is 8.14. The zero-order valence-electron chi connectivity index (χ0n) is 12.5. The van der Waals surface area contributed by atoms with Crippen molar-refractivity contribution in [2.45, 2.75) is 52.5 Å². The Labute approximate surface area is 126 Å². The molecule has 2 rings (SSSR count). The molecule has 0 radical (unpaired) electrons. The van der Waals surface area contributed by atoms with E-state index in [1.807, 2.05) is 0 Å². The van der Waals surface area contributed by atoms with Gasteiger partial charge < -0.3 is 5.32 Å². The Hall–Kier alpha value is -0.340. The Balaban J connectivity index is 1.73. The van der Waals surface area contributed by atoms with Gasteiger partial charge >= 0.3 is 0 Å². The highest BCUT2D eigenvalue weighted by Crippen LogP contribution is 2.37. The van der Waals surface area contributed by atoms with Crippen molar-refractivity contribution in [2.24, 2.45) is 11.3 Å². The van der Waals surface area contributed by atoms with Crippen LogP contribution in [0, 0.1) is 11.3 Å². The Morgan fingerprint density at radius 1 is 1.21 bits per heavy atom. The maximum Gasteiger partial charge on any atom is 0.0175 e. The van der Waals surface area contributed by atoms with Gasteiger partial charge in [-0.25, -0.2) is 0 Å². The van der Waals surface area contributed by atoms with Gasteiger partial charge in [-0.15, -0.1) is 0 Å². The highest BCUT2D eigenvalue weighted by atomic mass is 79.9. The van der Waals surface area contributed by atoms with E-state index in [9.17, 15) is 0 Å². The van der Waals surface area contributed by atoms with Crippen LogP contribution in [0.5, 0.6) is 0 Å². The average Bonchev–Trinajstić information content (AvgIpc) is 2.27. The summed E-state index contributed by atoms with van der Waals surface area (Å²) in [5, 5.41) is 3.73. The quantitative estimate of drug-likeness (QED) is 0.825. The lowest BCUT2D eigenvalue weighted by Gasteiger charge is -2.38. The van der Waals surface area contributed by atoms with Gasteiger partial charge in [-0.3, -0.25) is 0 Å². The maximum absolute atomic E-state index is 3.73. The summed E-state index contributed by atoms with van der Waals surface area (Å²) in [6, 6.07) is 9.53. The number of nitrogens with one attached hydrogen (secondary N) is 1. The van der Waals surface area contributed by atoms with Crippen LogP contribution in [0.25, 0.3) is 0 Å². The molecule has 19 heavy (non-hydrogen) atoms. The van der Waals surface area contributed by atoms with E-state index in [1.165, 1.54) is 22.9 Å². The molecule has 2 heteroatoms. The van der Waals surface area contributed by atoms with Crippen LogP contribution in [0.3, 0.4) is 0 Å². The average molecular weight is 324 g/mol. The highest BCUT2D eigenvalue weighted by molar-refractivity contribution is 9.10. The summed E-state index contributed by atoms with van der Waals surface area (Å²) in [5.41, 5.74) is 1.90. The summed E-state index contributed by atoms with van der Waals surface area (Å²) in [4.78, 5) is 0. The van der Waals surface area contributed by atoms with Gasteiger partial charge in [-0.05, 0) is 54.3 Å². The van der Waals surface area contributed by atoms with Crippen LogP contribution in [-0.4, -0.2) is 12.6 Å². The lowest BCUT2D eigenvalue weighted by Crippen LogP contribution is -2.43. The summed E-state index contributed by atoms with van der Waals surface area (Å²) in [6.45, 7) is 10.5. The van der Waals surface area contributed by atoms with Crippen molar-refractivity contribution in [1.29, 1.82) is 0 Å². The molecule has 1 N–H and O–H groups in total. The molecule has 0 aliphatic heterocycles.